The molecule has 2 aliphatic rings. The number of hydrogen-bond acceptors (Lipinski definition) is 2. The van der Waals surface area contributed by atoms with E-state index in [0.29, 0.717) is 11.4 Å². The quantitative estimate of drug-likeness (QED) is 0.128. The van der Waals surface area contributed by atoms with Crippen LogP contribution in [0, 0.1) is 46.5 Å². The number of aliphatic imine (C=N–C) groups is 2. The van der Waals surface area contributed by atoms with Crippen molar-refractivity contribution >= 4 is 33.7 Å². The molecule has 5 nitrogen and oxygen atoms in total. The van der Waals surface area contributed by atoms with Crippen LogP contribution in [0.25, 0.3) is 22.3 Å². The van der Waals surface area contributed by atoms with E-state index in [1.807, 2.05) is 0 Å². The lowest BCUT2D eigenvalue weighted by Crippen LogP contribution is -2.22. The van der Waals surface area contributed by atoms with Gasteiger partial charge in [0.15, 0.2) is 0 Å². The second-order valence-corrected chi connectivity index (χ2v) is 13.8. The molecule has 0 spiro atoms. The zero-order valence-electron chi connectivity index (χ0n) is 31.3. The first kappa shape index (κ1) is 38.7. The van der Waals surface area contributed by atoms with Crippen LogP contribution < -0.4 is 10.7 Å². The van der Waals surface area contributed by atoms with Crippen LogP contribution in [0.15, 0.2) is 167 Å². The van der Waals surface area contributed by atoms with Crippen molar-refractivity contribution in [1.29, 1.82) is 0 Å². The lowest BCUT2D eigenvalue weighted by molar-refractivity contribution is 0.576. The van der Waals surface area contributed by atoms with Gasteiger partial charge >= 0.3 is 0 Å². The predicted molar refractivity (Wildman–Crippen MR) is 217 cm³/mol. The topological polar surface area (TPSA) is 72.1 Å². The van der Waals surface area contributed by atoms with Crippen molar-refractivity contribution in [1.82, 2.24) is 15.0 Å². The number of aromatic nitrogens is 3. The third kappa shape index (κ3) is 6.99. The molecule has 300 valence electrons. The summed E-state index contributed by atoms with van der Waals surface area (Å²) in [6, 6.07) is 22.5. The van der Waals surface area contributed by atoms with Crippen LogP contribution in [0.5, 0.6) is 0 Å². The largest absolute Gasteiger partial charge is 0.361 e. The molecule has 5 heterocycles. The highest BCUT2D eigenvalue weighted by atomic mass is 19.2. The number of allylic oxidation sites excluding steroid dienone is 4. The average Bonchev–Trinajstić information content (AvgIpc) is 4.10. The van der Waals surface area contributed by atoms with Gasteiger partial charge in [-0.25, -0.2) is 45.1 Å². The molecule has 4 aromatic carbocycles. The van der Waals surface area contributed by atoms with Crippen LogP contribution in [0.4, 0.5) is 35.1 Å². The fourth-order valence-corrected chi connectivity index (χ4v) is 7.49. The van der Waals surface area contributed by atoms with Crippen LogP contribution in [-0.2, 0) is 0 Å². The van der Waals surface area contributed by atoms with Gasteiger partial charge in [0, 0.05) is 56.8 Å². The second kappa shape index (κ2) is 15.8. The molecule has 0 fully saturated rings. The first-order chi connectivity index (χ1) is 29.6. The number of benzene rings is 4. The summed E-state index contributed by atoms with van der Waals surface area (Å²) in [7, 11) is 0. The molecule has 0 atom stereocenters. The Morgan fingerprint density at radius 2 is 0.656 bits per heavy atom. The van der Waals surface area contributed by atoms with Gasteiger partial charge in [0.2, 0.25) is 0 Å². The van der Waals surface area contributed by atoms with E-state index in [1.54, 1.807) is 36.7 Å². The second-order valence-electron chi connectivity index (χ2n) is 13.8. The molecule has 61 heavy (non-hydrogen) atoms. The number of H-pyrrole nitrogens is 3. The maximum absolute atomic E-state index is 15.8. The van der Waals surface area contributed by atoms with Crippen molar-refractivity contribution in [2.75, 3.05) is 0 Å². The number of nitrogens with one attached hydrogen (secondary N) is 3. The van der Waals surface area contributed by atoms with E-state index in [0.717, 1.165) is 48.5 Å². The highest BCUT2D eigenvalue weighted by molar-refractivity contribution is 6.31. The van der Waals surface area contributed by atoms with E-state index in [2.05, 4.69) is 24.9 Å². The summed E-state index contributed by atoms with van der Waals surface area (Å²) in [5.74, 6) is -7.44. The van der Waals surface area contributed by atoms with E-state index >= 15 is 35.1 Å². The molecule has 9 rings (SSSR count). The average molecular weight is 826 g/mol. The minimum absolute atomic E-state index is 0.0234. The molecule has 13 heteroatoms. The Morgan fingerprint density at radius 3 is 0.951 bits per heavy atom. The van der Waals surface area contributed by atoms with Gasteiger partial charge in [-0.05, 0) is 109 Å². The Balaban J connectivity index is 1.33. The summed E-state index contributed by atoms with van der Waals surface area (Å²) < 4.78 is 125. The van der Waals surface area contributed by atoms with Crippen molar-refractivity contribution in [3.63, 3.8) is 0 Å². The molecule has 0 saturated carbocycles. The van der Waals surface area contributed by atoms with Crippen molar-refractivity contribution in [3.8, 4) is 0 Å². The third-order valence-electron chi connectivity index (χ3n) is 10.1. The summed E-state index contributed by atoms with van der Waals surface area (Å²) in [5.41, 5.74) is -1.41. The molecular weight excluding hydrogens is 799 g/mol. The van der Waals surface area contributed by atoms with E-state index in [4.69, 9.17) is 0 Å². The van der Waals surface area contributed by atoms with Crippen LogP contribution in [-0.4, -0.2) is 26.4 Å². The number of rotatable bonds is 8. The number of aromatic amines is 3. The summed E-state index contributed by atoms with van der Waals surface area (Å²) >= 11 is 0. The van der Waals surface area contributed by atoms with Crippen LogP contribution in [0.3, 0.4) is 0 Å². The minimum atomic E-state index is -0.983. The first-order valence-electron chi connectivity index (χ1n) is 18.6. The molecule has 0 amide bonds. The standard InChI is InChI=1S/C48H27F8N5/c49-25-7-1-8-26(50)41(25)45(33-15-5-23-57-33)35-17-19-37(59-35)47(43-29(53)11-3-12-30(43)54)39-21-22-40(61-39)48(44-31(55)13-4-14-32(44)56)38-20-18-36(60-38)46(34-16-6-24-58-34)42-27(51)9-2-10-28(42)52/h1-24,57-58,61H/b45-35-,46-36+,47-39+,48-40+. The zero-order valence-corrected chi connectivity index (χ0v) is 31.3. The van der Waals surface area contributed by atoms with Gasteiger partial charge in [-0.3, -0.25) is 0 Å². The van der Waals surface area contributed by atoms with Gasteiger partial charge in [0.25, 0.3) is 0 Å². The third-order valence-corrected chi connectivity index (χ3v) is 10.1. The zero-order chi connectivity index (χ0) is 42.4. The summed E-state index contributed by atoms with van der Waals surface area (Å²) in [5, 5.41) is 0.0467. The number of hydrogen-bond donors (Lipinski definition) is 3. The van der Waals surface area contributed by atoms with Crippen molar-refractivity contribution < 1.29 is 35.1 Å². The molecule has 0 bridgehead atoms. The number of nitrogens with zero attached hydrogens (tertiary/aromatic N) is 2. The predicted octanol–water partition coefficient (Wildman–Crippen LogP) is 10.1. The van der Waals surface area contributed by atoms with Crippen LogP contribution >= 0.6 is 0 Å². The Labute approximate surface area is 341 Å². The van der Waals surface area contributed by atoms with E-state index in [1.165, 1.54) is 60.7 Å². The molecule has 2 aliphatic heterocycles. The maximum atomic E-state index is 15.8. The summed E-state index contributed by atoms with van der Waals surface area (Å²) in [6.07, 6.45) is 8.84. The number of halogens is 8. The van der Waals surface area contributed by atoms with Crippen molar-refractivity contribution in [2.24, 2.45) is 9.98 Å². The van der Waals surface area contributed by atoms with Crippen molar-refractivity contribution in [3.05, 3.63) is 248 Å². The van der Waals surface area contributed by atoms with Crippen LogP contribution in [0.1, 0.15) is 33.6 Å². The molecular formula is C48H27F8N5. The molecule has 0 aliphatic carbocycles. The monoisotopic (exact) mass is 825 g/mol. The lowest BCUT2D eigenvalue weighted by atomic mass is 9.99. The van der Waals surface area contributed by atoms with E-state index in [9.17, 15) is 0 Å². The molecule has 0 saturated heterocycles. The Morgan fingerprint density at radius 1 is 0.344 bits per heavy atom. The highest BCUT2D eigenvalue weighted by Crippen LogP contribution is 2.36. The van der Waals surface area contributed by atoms with E-state index < -0.39 is 68.8 Å². The molecule has 0 radical (unpaired) electrons. The Hall–Kier alpha value is -7.80. The maximum Gasteiger partial charge on any atom is 0.134 e. The van der Waals surface area contributed by atoms with Crippen LogP contribution in [0.2, 0.25) is 0 Å². The van der Waals surface area contributed by atoms with Gasteiger partial charge in [0.1, 0.15) is 46.5 Å². The van der Waals surface area contributed by atoms with Gasteiger partial charge in [-0.1, -0.05) is 24.3 Å². The van der Waals surface area contributed by atoms with Gasteiger partial charge in [-0.2, -0.15) is 0 Å². The molecule has 7 aromatic rings. The lowest BCUT2D eigenvalue weighted by Gasteiger charge is -2.12. The molecule has 3 aromatic heterocycles. The van der Waals surface area contributed by atoms with Gasteiger partial charge < -0.3 is 15.0 Å². The van der Waals surface area contributed by atoms with Gasteiger partial charge in [-0.15, -0.1) is 0 Å². The summed E-state index contributed by atoms with van der Waals surface area (Å²) in [4.78, 5) is 18.3. The Bertz CT molecular complexity index is 2920. The Kier molecular flexibility index (Phi) is 10.00. The van der Waals surface area contributed by atoms with Gasteiger partial charge in [0.05, 0.1) is 45.1 Å². The SMILES string of the molecule is Fc1cccc(F)c1/C(=C1\C=CC(C(/c2c(F)cccc2F)=c2/cc/c(=C(C3=N/C(=C(/c4ccc[nH]4)c4c(F)cccc4F)C=C3)\c3c(F)cccc3F)[nH]2)=N1)c1ccc[nH]1. The normalized spacial score (nSPS) is 16.2. The fourth-order valence-electron chi connectivity index (χ4n) is 7.49. The fraction of sp³-hybridized carbons (Fsp3) is 0. The van der Waals surface area contributed by atoms with Crippen molar-refractivity contribution in [2.45, 2.75) is 0 Å². The summed E-state index contributed by atoms with van der Waals surface area (Å²) in [6.45, 7) is 0. The first-order valence-corrected chi connectivity index (χ1v) is 18.6. The minimum Gasteiger partial charge on any atom is -0.361 e. The molecule has 0 unspecified atom stereocenters. The van der Waals surface area contributed by atoms with E-state index in [-0.39, 0.29) is 55.8 Å². The smallest absolute Gasteiger partial charge is 0.134 e. The molecule has 3 N–H and O–H groups in total. The highest BCUT2D eigenvalue weighted by Gasteiger charge is 2.28.